The highest BCUT2D eigenvalue weighted by molar-refractivity contribution is 6.67. The van der Waals surface area contributed by atoms with Crippen LogP contribution in [-0.4, -0.2) is 18.1 Å². The van der Waals surface area contributed by atoms with Crippen molar-refractivity contribution in [3.8, 4) is 5.75 Å². The van der Waals surface area contributed by atoms with Gasteiger partial charge in [-0.1, -0.05) is 58.5 Å². The minimum absolute atomic E-state index is 0.00164. The van der Waals surface area contributed by atoms with Crippen molar-refractivity contribution in [2.45, 2.75) is 3.79 Å². The number of para-hydroxylation sites is 1. The Hall–Kier alpha value is -0.940. The van der Waals surface area contributed by atoms with E-state index in [1.54, 1.807) is 24.3 Å². The Balaban J connectivity index is 2.74. The number of pyridine rings is 1. The lowest BCUT2D eigenvalue weighted by Gasteiger charge is -2.16. The maximum absolute atomic E-state index is 11.4. The van der Waals surface area contributed by atoms with E-state index in [4.69, 9.17) is 51.1 Å². The Morgan fingerprint density at radius 2 is 1.95 bits per heavy atom. The maximum Gasteiger partial charge on any atom is 0.412 e. The number of ether oxygens (including phenoxy) is 1. The molecule has 1 aromatic carbocycles. The molecule has 4 nitrogen and oxygen atoms in total. The normalized spacial score (nSPS) is 11.4. The fraction of sp³-hybridized carbons (Fsp3) is 0.167. The molecular weight excluding hydrogens is 346 g/mol. The van der Waals surface area contributed by atoms with Gasteiger partial charge in [-0.3, -0.25) is 0 Å². The lowest BCUT2D eigenvalue weighted by Crippen LogP contribution is -2.22. The van der Waals surface area contributed by atoms with E-state index >= 15 is 0 Å². The second-order valence-electron chi connectivity index (χ2n) is 3.76. The molecule has 0 unspecified atom stereocenters. The summed E-state index contributed by atoms with van der Waals surface area (Å²) in [7, 11) is 1.43. The number of fused-ring (bicyclic) bond motifs is 1. The van der Waals surface area contributed by atoms with E-state index in [1.165, 1.54) is 7.05 Å². The number of aromatic nitrogens is 1. The highest BCUT2D eigenvalue weighted by atomic mass is 35.6. The van der Waals surface area contributed by atoms with Crippen LogP contribution >= 0.6 is 46.4 Å². The van der Waals surface area contributed by atoms with E-state index in [1.807, 2.05) is 0 Å². The summed E-state index contributed by atoms with van der Waals surface area (Å²) in [5, 5.41) is 2.84. The number of hydrogen-bond donors (Lipinski definition) is 1. The summed E-state index contributed by atoms with van der Waals surface area (Å²) in [4.78, 5) is 15.6. The van der Waals surface area contributed by atoms with Crippen molar-refractivity contribution in [3.05, 3.63) is 35.0 Å². The van der Waals surface area contributed by atoms with Crippen molar-refractivity contribution in [2.24, 2.45) is 0 Å². The van der Waals surface area contributed by atoms with E-state index in [9.17, 15) is 4.79 Å². The van der Waals surface area contributed by atoms with Crippen molar-refractivity contribution < 1.29 is 9.53 Å². The van der Waals surface area contributed by atoms with Crippen molar-refractivity contribution >= 4 is 63.4 Å². The maximum atomic E-state index is 11.4. The van der Waals surface area contributed by atoms with Crippen LogP contribution in [0.5, 0.6) is 5.75 Å². The average molecular weight is 354 g/mol. The predicted octanol–water partition coefficient (Wildman–Crippen LogP) is 4.43. The molecule has 1 N–H and O–H groups in total. The van der Waals surface area contributed by atoms with Crippen LogP contribution in [0.4, 0.5) is 4.79 Å². The predicted molar refractivity (Wildman–Crippen MR) is 81.1 cm³/mol. The zero-order valence-electron chi connectivity index (χ0n) is 10.1. The largest absolute Gasteiger partial charge is 0.412 e. The Labute approximate surface area is 134 Å². The molecule has 0 aliphatic rings. The van der Waals surface area contributed by atoms with E-state index in [-0.39, 0.29) is 16.5 Å². The number of benzene rings is 1. The van der Waals surface area contributed by atoms with Gasteiger partial charge >= 0.3 is 6.09 Å². The minimum atomic E-state index is -1.83. The third kappa shape index (κ3) is 3.04. The van der Waals surface area contributed by atoms with Crippen LogP contribution in [0, 0.1) is 0 Å². The molecule has 2 aromatic rings. The quantitative estimate of drug-likeness (QED) is 0.771. The van der Waals surface area contributed by atoms with E-state index in [2.05, 4.69) is 10.3 Å². The first-order chi connectivity index (χ1) is 9.34. The van der Waals surface area contributed by atoms with Gasteiger partial charge in [0.2, 0.25) is 3.79 Å². The number of amides is 1. The first-order valence-corrected chi connectivity index (χ1v) is 6.90. The SMILES string of the molecule is CNC(=O)Oc1c(Cl)c(C(Cl)(Cl)Cl)nc2ccccc12. The standard InChI is InChI=1S/C12H8Cl4N2O2/c1-17-11(19)20-9-6-4-2-3-5-7(6)18-10(8(9)13)12(14,15)16/h2-5H,1H3,(H,17,19). The molecule has 1 amide bonds. The molecule has 1 heterocycles. The van der Waals surface area contributed by atoms with Gasteiger partial charge in [-0.2, -0.15) is 0 Å². The van der Waals surface area contributed by atoms with E-state index in [0.29, 0.717) is 10.9 Å². The second kappa shape index (κ2) is 5.82. The lowest BCUT2D eigenvalue weighted by molar-refractivity contribution is 0.203. The first kappa shape index (κ1) is 15.4. The second-order valence-corrected chi connectivity index (χ2v) is 6.42. The van der Waals surface area contributed by atoms with Crippen molar-refractivity contribution in [3.63, 3.8) is 0 Å². The fourth-order valence-corrected chi connectivity index (χ4v) is 2.47. The third-order valence-corrected chi connectivity index (χ3v) is 3.34. The van der Waals surface area contributed by atoms with E-state index in [0.717, 1.165) is 0 Å². The molecule has 0 aliphatic heterocycles. The Morgan fingerprint density at radius 3 is 2.55 bits per heavy atom. The molecule has 0 saturated heterocycles. The molecule has 1 aromatic heterocycles. The Kier molecular flexibility index (Phi) is 4.49. The van der Waals surface area contributed by atoms with Gasteiger partial charge in [0.1, 0.15) is 10.7 Å². The molecule has 0 radical (unpaired) electrons. The summed E-state index contributed by atoms with van der Waals surface area (Å²) in [5.74, 6) is 0.0953. The number of carbonyl (C=O) groups excluding carboxylic acids is 1. The molecule has 8 heteroatoms. The fourth-order valence-electron chi connectivity index (χ4n) is 1.59. The van der Waals surface area contributed by atoms with Crippen LogP contribution in [0.1, 0.15) is 5.69 Å². The van der Waals surface area contributed by atoms with Crippen LogP contribution < -0.4 is 10.1 Å². The zero-order valence-corrected chi connectivity index (χ0v) is 13.1. The summed E-state index contributed by atoms with van der Waals surface area (Å²) in [5.41, 5.74) is 0.499. The summed E-state index contributed by atoms with van der Waals surface area (Å²) in [6, 6.07) is 6.91. The Bertz CT molecular complexity index is 670. The number of nitrogens with one attached hydrogen (secondary N) is 1. The molecule has 0 aliphatic carbocycles. The summed E-state index contributed by atoms with van der Waals surface area (Å²) < 4.78 is 3.31. The van der Waals surface area contributed by atoms with Crippen LogP contribution in [0.2, 0.25) is 5.02 Å². The highest BCUT2D eigenvalue weighted by Crippen LogP contribution is 2.45. The van der Waals surface area contributed by atoms with Gasteiger partial charge in [-0.15, -0.1) is 0 Å². The number of alkyl halides is 3. The topological polar surface area (TPSA) is 51.2 Å². The van der Waals surface area contributed by atoms with Crippen LogP contribution in [-0.2, 0) is 3.79 Å². The molecule has 0 bridgehead atoms. The highest BCUT2D eigenvalue weighted by Gasteiger charge is 2.31. The van der Waals surface area contributed by atoms with Gasteiger partial charge in [-0.25, -0.2) is 9.78 Å². The minimum Gasteiger partial charge on any atom is -0.408 e. The van der Waals surface area contributed by atoms with Crippen molar-refractivity contribution in [1.29, 1.82) is 0 Å². The molecule has 0 spiro atoms. The number of nitrogens with zero attached hydrogens (tertiary/aromatic N) is 1. The van der Waals surface area contributed by atoms with Crippen molar-refractivity contribution in [1.82, 2.24) is 10.3 Å². The van der Waals surface area contributed by atoms with Crippen LogP contribution in [0.25, 0.3) is 10.9 Å². The van der Waals surface area contributed by atoms with Crippen LogP contribution in [0.15, 0.2) is 24.3 Å². The van der Waals surface area contributed by atoms with Gasteiger partial charge in [-0.05, 0) is 12.1 Å². The van der Waals surface area contributed by atoms with E-state index < -0.39 is 9.89 Å². The van der Waals surface area contributed by atoms with Crippen LogP contribution in [0.3, 0.4) is 0 Å². The smallest absolute Gasteiger partial charge is 0.408 e. The molecular formula is C12H8Cl4N2O2. The van der Waals surface area contributed by atoms with Crippen molar-refractivity contribution in [2.75, 3.05) is 7.05 Å². The molecule has 0 saturated carbocycles. The van der Waals surface area contributed by atoms with Gasteiger partial charge < -0.3 is 10.1 Å². The number of halogens is 4. The zero-order chi connectivity index (χ0) is 14.9. The molecule has 0 atom stereocenters. The number of hydrogen-bond acceptors (Lipinski definition) is 3. The molecule has 0 fully saturated rings. The van der Waals surface area contributed by atoms with Gasteiger partial charge in [0.05, 0.1) is 5.52 Å². The first-order valence-electron chi connectivity index (χ1n) is 5.39. The monoisotopic (exact) mass is 352 g/mol. The van der Waals surface area contributed by atoms with Gasteiger partial charge in [0, 0.05) is 12.4 Å². The molecule has 106 valence electrons. The van der Waals surface area contributed by atoms with Gasteiger partial charge in [0.15, 0.2) is 5.75 Å². The average Bonchev–Trinajstić information content (AvgIpc) is 2.40. The molecule has 20 heavy (non-hydrogen) atoms. The Morgan fingerprint density at radius 1 is 1.30 bits per heavy atom. The molecule has 2 rings (SSSR count). The number of carbonyl (C=O) groups is 1. The third-order valence-electron chi connectivity index (χ3n) is 2.46. The summed E-state index contributed by atoms with van der Waals surface area (Å²) in [6.45, 7) is 0. The number of rotatable bonds is 1. The van der Waals surface area contributed by atoms with Gasteiger partial charge in [0.25, 0.3) is 0 Å². The summed E-state index contributed by atoms with van der Waals surface area (Å²) in [6.07, 6.45) is -0.682. The lowest BCUT2D eigenvalue weighted by atomic mass is 10.2. The summed E-state index contributed by atoms with van der Waals surface area (Å²) >= 11 is 23.7.